The quantitative estimate of drug-likeness (QED) is 0.701. The van der Waals surface area contributed by atoms with Gasteiger partial charge in [0.05, 0.1) is 13.0 Å². The Morgan fingerprint density at radius 3 is 2.85 bits per heavy atom. The van der Waals surface area contributed by atoms with Gasteiger partial charge in [0.1, 0.15) is 5.75 Å². The molecule has 20 heavy (non-hydrogen) atoms. The SMILES string of the molecule is CN(CCCCCO)C(=O)CCOc1cccc(Br)c1. The predicted octanol–water partition coefficient (Wildman–Crippen LogP) is 2.84. The zero-order valence-electron chi connectivity index (χ0n) is 11.8. The van der Waals surface area contributed by atoms with Crippen LogP contribution in [0.5, 0.6) is 5.75 Å². The molecule has 0 saturated carbocycles. The smallest absolute Gasteiger partial charge is 0.225 e. The molecule has 0 aliphatic carbocycles. The number of ether oxygens (including phenoxy) is 1. The second-order valence-electron chi connectivity index (χ2n) is 4.66. The van der Waals surface area contributed by atoms with Gasteiger partial charge in [-0.2, -0.15) is 0 Å². The van der Waals surface area contributed by atoms with Gasteiger partial charge in [-0.15, -0.1) is 0 Å². The van der Waals surface area contributed by atoms with Crippen molar-refractivity contribution < 1.29 is 14.6 Å². The minimum Gasteiger partial charge on any atom is -0.493 e. The Morgan fingerprint density at radius 2 is 2.15 bits per heavy atom. The van der Waals surface area contributed by atoms with E-state index >= 15 is 0 Å². The molecular formula is C15H22BrNO3. The van der Waals surface area contributed by atoms with Crippen LogP contribution in [0.25, 0.3) is 0 Å². The van der Waals surface area contributed by atoms with Gasteiger partial charge in [0, 0.05) is 24.7 Å². The lowest BCUT2D eigenvalue weighted by molar-refractivity contribution is -0.130. The number of aliphatic hydroxyl groups excluding tert-OH is 1. The van der Waals surface area contributed by atoms with Crippen LogP contribution >= 0.6 is 15.9 Å². The van der Waals surface area contributed by atoms with Crippen LogP contribution in [0.4, 0.5) is 0 Å². The number of unbranched alkanes of at least 4 members (excludes halogenated alkanes) is 2. The van der Waals surface area contributed by atoms with Gasteiger partial charge in [-0.1, -0.05) is 22.0 Å². The van der Waals surface area contributed by atoms with Crippen molar-refractivity contribution >= 4 is 21.8 Å². The van der Waals surface area contributed by atoms with Crippen LogP contribution in [0.3, 0.4) is 0 Å². The Hall–Kier alpha value is -1.07. The molecule has 0 aromatic heterocycles. The van der Waals surface area contributed by atoms with Gasteiger partial charge in [-0.25, -0.2) is 0 Å². The number of halogens is 1. The lowest BCUT2D eigenvalue weighted by Crippen LogP contribution is -2.28. The van der Waals surface area contributed by atoms with Crippen molar-refractivity contribution in [1.82, 2.24) is 4.90 Å². The van der Waals surface area contributed by atoms with E-state index in [1.807, 2.05) is 24.3 Å². The number of carbonyl (C=O) groups is 1. The highest BCUT2D eigenvalue weighted by atomic mass is 79.9. The molecular weight excluding hydrogens is 322 g/mol. The molecule has 0 atom stereocenters. The van der Waals surface area contributed by atoms with E-state index in [4.69, 9.17) is 9.84 Å². The molecule has 0 radical (unpaired) electrons. The van der Waals surface area contributed by atoms with Crippen LogP contribution in [-0.4, -0.2) is 42.7 Å². The molecule has 0 fully saturated rings. The average molecular weight is 344 g/mol. The number of carbonyl (C=O) groups excluding carboxylic acids is 1. The molecule has 0 spiro atoms. The first-order valence-corrected chi connectivity index (χ1v) is 7.66. The van der Waals surface area contributed by atoms with E-state index in [2.05, 4.69) is 15.9 Å². The minimum absolute atomic E-state index is 0.0870. The standard InChI is InChI=1S/C15H22BrNO3/c1-17(9-3-2-4-10-18)15(19)8-11-20-14-7-5-6-13(16)12-14/h5-7,12,18H,2-4,8-11H2,1H3. The molecule has 0 aliphatic rings. The Labute approximate surface area is 128 Å². The van der Waals surface area contributed by atoms with Crippen LogP contribution < -0.4 is 4.74 Å². The van der Waals surface area contributed by atoms with Crippen molar-refractivity contribution in [2.24, 2.45) is 0 Å². The highest BCUT2D eigenvalue weighted by Gasteiger charge is 2.08. The third-order valence-electron chi connectivity index (χ3n) is 2.96. The van der Waals surface area contributed by atoms with Crippen LogP contribution in [0.15, 0.2) is 28.7 Å². The Balaban J connectivity index is 2.19. The van der Waals surface area contributed by atoms with E-state index in [9.17, 15) is 4.79 Å². The molecule has 112 valence electrons. The summed E-state index contributed by atoms with van der Waals surface area (Å²) in [5, 5.41) is 8.68. The van der Waals surface area contributed by atoms with Crippen molar-refractivity contribution in [3.8, 4) is 5.75 Å². The maximum Gasteiger partial charge on any atom is 0.225 e. The topological polar surface area (TPSA) is 49.8 Å². The first-order chi connectivity index (χ1) is 9.63. The fraction of sp³-hybridized carbons (Fsp3) is 0.533. The maximum atomic E-state index is 11.9. The van der Waals surface area contributed by atoms with Gasteiger partial charge in [-0.3, -0.25) is 4.79 Å². The number of hydrogen-bond acceptors (Lipinski definition) is 3. The zero-order chi connectivity index (χ0) is 14.8. The highest BCUT2D eigenvalue weighted by Crippen LogP contribution is 2.17. The third kappa shape index (κ3) is 6.91. The van der Waals surface area contributed by atoms with Gasteiger partial charge < -0.3 is 14.7 Å². The van der Waals surface area contributed by atoms with Crippen molar-refractivity contribution in [3.05, 3.63) is 28.7 Å². The van der Waals surface area contributed by atoms with E-state index in [0.717, 1.165) is 36.0 Å². The average Bonchev–Trinajstić information content (AvgIpc) is 2.43. The molecule has 0 bridgehead atoms. The molecule has 1 aromatic carbocycles. The fourth-order valence-corrected chi connectivity index (χ4v) is 2.14. The van der Waals surface area contributed by atoms with Crippen molar-refractivity contribution in [2.45, 2.75) is 25.7 Å². The van der Waals surface area contributed by atoms with Crippen LogP contribution in [-0.2, 0) is 4.79 Å². The largest absolute Gasteiger partial charge is 0.493 e. The van der Waals surface area contributed by atoms with Gasteiger partial charge in [-0.05, 0) is 37.5 Å². The molecule has 0 aliphatic heterocycles. The lowest BCUT2D eigenvalue weighted by Gasteiger charge is -2.17. The lowest BCUT2D eigenvalue weighted by atomic mass is 10.2. The van der Waals surface area contributed by atoms with E-state index in [1.165, 1.54) is 0 Å². The van der Waals surface area contributed by atoms with Crippen molar-refractivity contribution in [2.75, 3.05) is 26.8 Å². The summed E-state index contributed by atoms with van der Waals surface area (Å²) >= 11 is 3.37. The van der Waals surface area contributed by atoms with Crippen molar-refractivity contribution in [1.29, 1.82) is 0 Å². The second-order valence-corrected chi connectivity index (χ2v) is 5.57. The number of amides is 1. The molecule has 1 aromatic rings. The summed E-state index contributed by atoms with van der Waals surface area (Å²) in [7, 11) is 1.81. The highest BCUT2D eigenvalue weighted by molar-refractivity contribution is 9.10. The summed E-state index contributed by atoms with van der Waals surface area (Å²) in [5.74, 6) is 0.849. The number of rotatable bonds is 9. The van der Waals surface area contributed by atoms with E-state index in [1.54, 1.807) is 11.9 Å². The molecule has 1 N–H and O–H groups in total. The molecule has 1 rings (SSSR count). The Kier molecular flexibility index (Phi) is 8.30. The number of nitrogens with zero attached hydrogens (tertiary/aromatic N) is 1. The summed E-state index contributed by atoms with van der Waals surface area (Å²) in [6.07, 6.45) is 3.05. The molecule has 0 heterocycles. The Morgan fingerprint density at radius 1 is 1.35 bits per heavy atom. The first-order valence-electron chi connectivity index (χ1n) is 6.86. The van der Waals surface area contributed by atoms with E-state index in [0.29, 0.717) is 13.0 Å². The monoisotopic (exact) mass is 343 g/mol. The maximum absolute atomic E-state index is 11.9. The minimum atomic E-state index is 0.0870. The number of hydrogen-bond donors (Lipinski definition) is 1. The molecule has 0 saturated heterocycles. The van der Waals surface area contributed by atoms with Gasteiger partial charge in [0.2, 0.25) is 5.91 Å². The van der Waals surface area contributed by atoms with Crippen LogP contribution in [0.1, 0.15) is 25.7 Å². The first kappa shape index (κ1) is 17.0. The molecule has 4 nitrogen and oxygen atoms in total. The van der Waals surface area contributed by atoms with E-state index < -0.39 is 0 Å². The number of benzene rings is 1. The van der Waals surface area contributed by atoms with Crippen LogP contribution in [0.2, 0.25) is 0 Å². The summed E-state index contributed by atoms with van der Waals surface area (Å²) < 4.78 is 6.50. The van der Waals surface area contributed by atoms with Gasteiger partial charge >= 0.3 is 0 Å². The molecule has 0 unspecified atom stereocenters. The molecule has 5 heteroatoms. The summed E-state index contributed by atoms with van der Waals surface area (Å²) in [6.45, 7) is 1.34. The van der Waals surface area contributed by atoms with E-state index in [-0.39, 0.29) is 12.5 Å². The Bertz CT molecular complexity index is 412. The van der Waals surface area contributed by atoms with Gasteiger partial charge in [0.25, 0.3) is 0 Å². The van der Waals surface area contributed by atoms with Crippen LogP contribution in [0, 0.1) is 0 Å². The summed E-state index contributed by atoms with van der Waals surface area (Å²) in [6, 6.07) is 7.57. The predicted molar refractivity (Wildman–Crippen MR) is 82.8 cm³/mol. The van der Waals surface area contributed by atoms with Gasteiger partial charge in [0.15, 0.2) is 0 Å². The fourth-order valence-electron chi connectivity index (χ4n) is 1.77. The summed E-state index contributed by atoms with van der Waals surface area (Å²) in [4.78, 5) is 13.6. The second kappa shape index (κ2) is 9.77. The number of aliphatic hydroxyl groups is 1. The molecule has 1 amide bonds. The normalized spacial score (nSPS) is 10.3. The third-order valence-corrected chi connectivity index (χ3v) is 3.45. The van der Waals surface area contributed by atoms with Crippen molar-refractivity contribution in [3.63, 3.8) is 0 Å². The summed E-state index contributed by atoms with van der Waals surface area (Å²) in [5.41, 5.74) is 0. The zero-order valence-corrected chi connectivity index (χ0v) is 13.4.